The Morgan fingerprint density at radius 3 is 2.57 bits per heavy atom. The predicted octanol–water partition coefficient (Wildman–Crippen LogP) is 2.78. The van der Waals surface area contributed by atoms with Crippen LogP contribution in [0, 0.1) is 0 Å². The van der Waals surface area contributed by atoms with Gasteiger partial charge in [-0.25, -0.2) is 0 Å². The highest BCUT2D eigenvalue weighted by Gasteiger charge is 2.38. The van der Waals surface area contributed by atoms with E-state index in [9.17, 15) is 9.90 Å². The summed E-state index contributed by atoms with van der Waals surface area (Å²) in [7, 11) is 0. The molecule has 3 N–H and O–H groups in total. The summed E-state index contributed by atoms with van der Waals surface area (Å²) in [6, 6.07) is 4.86. The Morgan fingerprint density at radius 2 is 2.10 bits per heavy atom. The molecule has 1 amide bonds. The molecule has 1 aromatic carbocycles. The number of hydrogen-bond acceptors (Lipinski definition) is 4. The zero-order valence-electron chi connectivity index (χ0n) is 11.6. The largest absolute Gasteiger partial charge is 0.507 e. The number of rotatable bonds is 3. The maximum atomic E-state index is 12.5. The topological polar surface area (TPSA) is 66.6 Å². The van der Waals surface area contributed by atoms with Crippen molar-refractivity contribution >= 4 is 50.8 Å². The van der Waals surface area contributed by atoms with Crippen molar-refractivity contribution in [3.63, 3.8) is 0 Å². The van der Waals surface area contributed by atoms with Crippen molar-refractivity contribution in [1.29, 1.82) is 0 Å². The minimum atomic E-state index is -0.200. The lowest BCUT2D eigenvalue weighted by Crippen LogP contribution is -2.50. The van der Waals surface area contributed by atoms with Gasteiger partial charge in [0.25, 0.3) is 5.91 Å². The first-order chi connectivity index (χ1) is 9.89. The van der Waals surface area contributed by atoms with E-state index in [-0.39, 0.29) is 16.4 Å². The Hall–Kier alpha value is -0.790. The number of amides is 1. The molecule has 1 aliphatic rings. The van der Waals surface area contributed by atoms with E-state index in [1.165, 1.54) is 6.07 Å². The van der Waals surface area contributed by atoms with Gasteiger partial charge in [0.2, 0.25) is 0 Å². The highest BCUT2D eigenvalue weighted by Crippen LogP contribution is 2.35. The van der Waals surface area contributed by atoms with Crippen molar-refractivity contribution in [2.75, 3.05) is 19.3 Å². The minimum absolute atomic E-state index is 0.0689. The van der Waals surface area contributed by atoms with Crippen LogP contribution in [0.1, 0.15) is 23.2 Å². The molecule has 0 aromatic heterocycles. The summed E-state index contributed by atoms with van der Waals surface area (Å²) in [5.74, 6) is -0.00472. The molecule has 2 rings (SSSR count). The molecule has 0 atom stereocenters. The van der Waals surface area contributed by atoms with Crippen molar-refractivity contribution in [3.8, 4) is 5.75 Å². The molecule has 114 valence electrons. The van der Waals surface area contributed by atoms with Gasteiger partial charge in [-0.1, -0.05) is 12.2 Å². The molecular weight excluding hydrogens is 372 g/mol. The van der Waals surface area contributed by atoms with E-state index in [0.29, 0.717) is 28.1 Å². The molecule has 0 radical (unpaired) electrons. The van der Waals surface area contributed by atoms with Gasteiger partial charge in [-0.05, 0) is 53.2 Å². The third-order valence-electron chi connectivity index (χ3n) is 3.89. The molecule has 1 saturated heterocycles. The normalized spacial score (nSPS) is 17.5. The van der Waals surface area contributed by atoms with Crippen LogP contribution in [0.4, 0.5) is 0 Å². The van der Waals surface area contributed by atoms with Crippen LogP contribution in [0.5, 0.6) is 5.75 Å². The third kappa shape index (κ3) is 3.35. The van der Waals surface area contributed by atoms with E-state index in [1.807, 2.05) is 6.26 Å². The maximum absolute atomic E-state index is 12.5. The molecule has 4 nitrogen and oxygen atoms in total. The van der Waals surface area contributed by atoms with E-state index in [4.69, 9.17) is 18.0 Å². The average molecular weight is 389 g/mol. The quantitative estimate of drug-likeness (QED) is 0.779. The van der Waals surface area contributed by atoms with Gasteiger partial charge in [0.15, 0.2) is 0 Å². The second kappa shape index (κ2) is 6.54. The highest BCUT2D eigenvalue weighted by molar-refractivity contribution is 9.10. The van der Waals surface area contributed by atoms with Gasteiger partial charge in [0.05, 0.1) is 14.2 Å². The summed E-state index contributed by atoms with van der Waals surface area (Å²) in [6.07, 6.45) is 3.53. The molecule has 0 spiro atoms. The third-order valence-corrected chi connectivity index (χ3v) is 6.49. The van der Waals surface area contributed by atoms with Crippen molar-refractivity contribution in [2.24, 2.45) is 5.73 Å². The predicted molar refractivity (Wildman–Crippen MR) is 94.0 cm³/mol. The van der Waals surface area contributed by atoms with Crippen LogP contribution >= 0.6 is 39.9 Å². The molecule has 1 fully saturated rings. The number of nitrogens with two attached hydrogens (primary N) is 1. The fourth-order valence-electron chi connectivity index (χ4n) is 2.45. The molecule has 7 heteroatoms. The fraction of sp³-hybridized carbons (Fsp3) is 0.429. The lowest BCUT2D eigenvalue weighted by atomic mass is 9.95. The number of benzene rings is 1. The molecule has 0 unspecified atom stereocenters. The number of phenolic OH excluding ortho intramolecular Hbond substituents is 1. The summed E-state index contributed by atoms with van der Waals surface area (Å²) in [4.78, 5) is 14.8. The maximum Gasteiger partial charge on any atom is 0.253 e. The number of likely N-dealkylation sites (tertiary alicyclic amines) is 1. The van der Waals surface area contributed by atoms with Crippen LogP contribution in [0.15, 0.2) is 22.7 Å². The highest BCUT2D eigenvalue weighted by atomic mass is 79.9. The van der Waals surface area contributed by atoms with E-state index in [2.05, 4.69) is 15.9 Å². The SMILES string of the molecule is CSC1(C(N)=S)CCN(C(=O)c2ccc(Br)c(O)c2)CC1. The van der Waals surface area contributed by atoms with Crippen LogP contribution in [-0.4, -0.2) is 45.0 Å². The molecule has 1 aliphatic heterocycles. The summed E-state index contributed by atoms with van der Waals surface area (Å²) in [6.45, 7) is 1.24. The number of aromatic hydroxyl groups is 1. The van der Waals surface area contributed by atoms with Crippen molar-refractivity contribution < 1.29 is 9.90 Å². The Kier molecular flexibility index (Phi) is 5.16. The first-order valence-electron chi connectivity index (χ1n) is 6.52. The molecule has 0 aliphatic carbocycles. The standard InChI is InChI=1S/C14H17BrN2O2S2/c1-21-14(13(16)20)4-6-17(7-5-14)12(19)9-2-3-10(15)11(18)8-9/h2-3,8,18H,4-7H2,1H3,(H2,16,20). The number of piperidine rings is 1. The van der Waals surface area contributed by atoms with Crippen molar-refractivity contribution in [3.05, 3.63) is 28.2 Å². The second-order valence-corrected chi connectivity index (χ2v) is 7.50. The number of thioether (sulfide) groups is 1. The average Bonchev–Trinajstić information content (AvgIpc) is 2.49. The van der Waals surface area contributed by atoms with E-state index >= 15 is 0 Å². The molecule has 1 aromatic rings. The monoisotopic (exact) mass is 388 g/mol. The Bertz CT molecular complexity index is 572. The van der Waals surface area contributed by atoms with Crippen molar-refractivity contribution in [2.45, 2.75) is 17.6 Å². The second-order valence-electron chi connectivity index (χ2n) is 5.02. The summed E-state index contributed by atoms with van der Waals surface area (Å²) in [5.41, 5.74) is 6.34. The minimum Gasteiger partial charge on any atom is -0.507 e. The van der Waals surface area contributed by atoms with Crippen LogP contribution < -0.4 is 5.73 Å². The van der Waals surface area contributed by atoms with Crippen molar-refractivity contribution in [1.82, 2.24) is 4.90 Å². The zero-order valence-corrected chi connectivity index (χ0v) is 14.9. The van der Waals surface area contributed by atoms with Crippen LogP contribution in [0.25, 0.3) is 0 Å². The number of phenols is 1. The number of nitrogens with zero attached hydrogens (tertiary/aromatic N) is 1. The van der Waals surface area contributed by atoms with Gasteiger partial charge in [-0.2, -0.15) is 11.8 Å². The van der Waals surface area contributed by atoms with Gasteiger partial charge in [-0.3, -0.25) is 4.79 Å². The number of carbonyl (C=O) groups excluding carboxylic acids is 1. The fourth-order valence-corrected chi connectivity index (χ4v) is 3.94. The molecular formula is C14H17BrN2O2S2. The van der Waals surface area contributed by atoms with Crippen LogP contribution in [0.3, 0.4) is 0 Å². The number of thiocarbonyl (C=S) groups is 1. The van der Waals surface area contributed by atoms with Gasteiger partial charge in [-0.15, -0.1) is 0 Å². The zero-order chi connectivity index (χ0) is 15.6. The Balaban J connectivity index is 2.09. The lowest BCUT2D eigenvalue weighted by molar-refractivity contribution is 0.0718. The Labute approximate surface area is 142 Å². The van der Waals surface area contributed by atoms with E-state index in [1.54, 1.807) is 28.8 Å². The lowest BCUT2D eigenvalue weighted by Gasteiger charge is -2.40. The molecule has 1 heterocycles. The molecule has 21 heavy (non-hydrogen) atoms. The number of carbonyl (C=O) groups is 1. The number of halogens is 1. The van der Waals surface area contributed by atoms with Gasteiger partial charge >= 0.3 is 0 Å². The smallest absolute Gasteiger partial charge is 0.253 e. The van der Waals surface area contributed by atoms with Gasteiger partial charge in [0, 0.05) is 18.7 Å². The van der Waals surface area contributed by atoms with Crippen LogP contribution in [-0.2, 0) is 0 Å². The molecule has 0 saturated carbocycles. The van der Waals surface area contributed by atoms with E-state index < -0.39 is 0 Å². The summed E-state index contributed by atoms with van der Waals surface area (Å²) < 4.78 is 0.376. The summed E-state index contributed by atoms with van der Waals surface area (Å²) >= 11 is 10.0. The van der Waals surface area contributed by atoms with Crippen LogP contribution in [0.2, 0.25) is 0 Å². The van der Waals surface area contributed by atoms with E-state index in [0.717, 1.165) is 12.8 Å². The first kappa shape index (κ1) is 16.6. The number of hydrogen-bond donors (Lipinski definition) is 2. The van der Waals surface area contributed by atoms with Gasteiger partial charge < -0.3 is 15.7 Å². The molecule has 0 bridgehead atoms. The Morgan fingerprint density at radius 1 is 1.48 bits per heavy atom. The first-order valence-corrected chi connectivity index (χ1v) is 8.95. The van der Waals surface area contributed by atoms with Gasteiger partial charge in [0.1, 0.15) is 5.75 Å². The summed E-state index contributed by atoms with van der Waals surface area (Å²) in [5, 5.41) is 9.69.